The van der Waals surface area contributed by atoms with Gasteiger partial charge in [0, 0.05) is 30.3 Å². The SMILES string of the molecule is CCNc1nc(Nc2ccc3c(c2)OCO3)cc(C2CC2)n1. The van der Waals surface area contributed by atoms with Crippen molar-refractivity contribution in [2.45, 2.75) is 25.7 Å². The lowest BCUT2D eigenvalue weighted by molar-refractivity contribution is 0.174. The third-order valence-corrected chi connectivity index (χ3v) is 3.72. The molecule has 0 amide bonds. The fraction of sp³-hybridized carbons (Fsp3) is 0.375. The molecule has 0 unspecified atom stereocenters. The summed E-state index contributed by atoms with van der Waals surface area (Å²) >= 11 is 0. The minimum absolute atomic E-state index is 0.280. The summed E-state index contributed by atoms with van der Waals surface area (Å²) in [5.74, 6) is 3.59. The van der Waals surface area contributed by atoms with Gasteiger partial charge in [0.05, 0.1) is 5.69 Å². The van der Waals surface area contributed by atoms with Gasteiger partial charge in [0.1, 0.15) is 5.82 Å². The van der Waals surface area contributed by atoms with Crippen molar-refractivity contribution < 1.29 is 9.47 Å². The molecule has 4 rings (SSSR count). The van der Waals surface area contributed by atoms with Gasteiger partial charge in [-0.05, 0) is 31.9 Å². The minimum Gasteiger partial charge on any atom is -0.454 e. The summed E-state index contributed by atoms with van der Waals surface area (Å²) in [4.78, 5) is 9.09. The van der Waals surface area contributed by atoms with E-state index in [1.807, 2.05) is 31.2 Å². The van der Waals surface area contributed by atoms with Crippen LogP contribution in [-0.2, 0) is 0 Å². The second-order valence-corrected chi connectivity index (χ2v) is 5.50. The number of anilines is 3. The van der Waals surface area contributed by atoms with Crippen LogP contribution in [-0.4, -0.2) is 23.3 Å². The van der Waals surface area contributed by atoms with Crippen LogP contribution >= 0.6 is 0 Å². The Balaban J connectivity index is 1.61. The standard InChI is InChI=1S/C16H18N4O2/c1-2-17-16-19-12(10-3-4-10)8-15(20-16)18-11-5-6-13-14(7-11)22-9-21-13/h5-8,10H,2-4,9H2,1H3,(H2,17,18,19,20). The third-order valence-electron chi connectivity index (χ3n) is 3.72. The van der Waals surface area contributed by atoms with E-state index in [4.69, 9.17) is 9.47 Å². The summed E-state index contributed by atoms with van der Waals surface area (Å²) in [6.07, 6.45) is 2.43. The van der Waals surface area contributed by atoms with E-state index in [-0.39, 0.29) is 6.79 Å². The maximum absolute atomic E-state index is 5.40. The minimum atomic E-state index is 0.280. The number of hydrogen-bond donors (Lipinski definition) is 2. The molecule has 0 saturated heterocycles. The van der Waals surface area contributed by atoms with E-state index >= 15 is 0 Å². The maximum atomic E-state index is 5.40. The van der Waals surface area contributed by atoms with E-state index in [1.165, 1.54) is 12.8 Å². The smallest absolute Gasteiger partial charge is 0.231 e. The fourth-order valence-electron chi connectivity index (χ4n) is 2.48. The van der Waals surface area contributed by atoms with Crippen LogP contribution < -0.4 is 20.1 Å². The van der Waals surface area contributed by atoms with E-state index in [2.05, 4.69) is 20.6 Å². The van der Waals surface area contributed by atoms with Crippen LogP contribution in [0.25, 0.3) is 0 Å². The van der Waals surface area contributed by atoms with Crippen LogP contribution in [0.2, 0.25) is 0 Å². The van der Waals surface area contributed by atoms with E-state index in [1.54, 1.807) is 0 Å². The van der Waals surface area contributed by atoms with Gasteiger partial charge >= 0.3 is 0 Å². The highest BCUT2D eigenvalue weighted by atomic mass is 16.7. The molecule has 2 aliphatic rings. The Labute approximate surface area is 128 Å². The Morgan fingerprint density at radius 2 is 2.00 bits per heavy atom. The molecule has 1 fully saturated rings. The van der Waals surface area contributed by atoms with Crippen molar-refractivity contribution in [3.05, 3.63) is 30.0 Å². The summed E-state index contributed by atoms with van der Waals surface area (Å²) in [6, 6.07) is 7.81. The highest BCUT2D eigenvalue weighted by molar-refractivity contribution is 5.62. The average molecular weight is 298 g/mol. The number of hydrogen-bond acceptors (Lipinski definition) is 6. The second-order valence-electron chi connectivity index (χ2n) is 5.50. The van der Waals surface area contributed by atoms with Crippen LogP contribution in [0.5, 0.6) is 11.5 Å². The molecule has 0 bridgehead atoms. The number of benzene rings is 1. The summed E-state index contributed by atoms with van der Waals surface area (Å²) in [7, 11) is 0. The lowest BCUT2D eigenvalue weighted by Crippen LogP contribution is -2.06. The van der Waals surface area contributed by atoms with E-state index in [9.17, 15) is 0 Å². The number of rotatable bonds is 5. The van der Waals surface area contributed by atoms with Gasteiger partial charge < -0.3 is 20.1 Å². The predicted molar refractivity (Wildman–Crippen MR) is 84.0 cm³/mol. The van der Waals surface area contributed by atoms with Crippen LogP contribution in [0.1, 0.15) is 31.4 Å². The molecule has 1 aliphatic heterocycles. The van der Waals surface area contributed by atoms with Crippen molar-refractivity contribution in [2.75, 3.05) is 24.0 Å². The van der Waals surface area contributed by atoms with Crippen molar-refractivity contribution in [3.63, 3.8) is 0 Å². The molecule has 22 heavy (non-hydrogen) atoms. The first-order valence-corrected chi connectivity index (χ1v) is 7.61. The molecule has 0 radical (unpaired) electrons. The van der Waals surface area contributed by atoms with Gasteiger partial charge in [-0.3, -0.25) is 0 Å². The number of fused-ring (bicyclic) bond motifs is 1. The molecule has 1 saturated carbocycles. The molecule has 114 valence electrons. The van der Waals surface area contributed by atoms with Gasteiger partial charge in [-0.25, -0.2) is 4.98 Å². The summed E-state index contributed by atoms with van der Waals surface area (Å²) in [5, 5.41) is 6.52. The molecular weight excluding hydrogens is 280 g/mol. The zero-order valence-corrected chi connectivity index (χ0v) is 12.4. The van der Waals surface area contributed by atoms with Crippen molar-refractivity contribution in [1.29, 1.82) is 0 Å². The molecule has 1 aromatic heterocycles. The van der Waals surface area contributed by atoms with Gasteiger partial charge in [0.25, 0.3) is 0 Å². The number of nitrogens with zero attached hydrogens (tertiary/aromatic N) is 2. The Hall–Kier alpha value is -2.50. The van der Waals surface area contributed by atoms with Crippen LogP contribution in [0.4, 0.5) is 17.5 Å². The highest BCUT2D eigenvalue weighted by Crippen LogP contribution is 2.40. The highest BCUT2D eigenvalue weighted by Gasteiger charge is 2.26. The second kappa shape index (κ2) is 5.36. The molecule has 2 N–H and O–H groups in total. The Kier molecular flexibility index (Phi) is 3.21. The van der Waals surface area contributed by atoms with Crippen molar-refractivity contribution in [2.24, 2.45) is 0 Å². The average Bonchev–Trinajstić information content (AvgIpc) is 3.26. The van der Waals surface area contributed by atoms with E-state index < -0.39 is 0 Å². The van der Waals surface area contributed by atoms with E-state index in [0.29, 0.717) is 11.9 Å². The molecule has 1 aromatic carbocycles. The van der Waals surface area contributed by atoms with Crippen molar-refractivity contribution in [3.8, 4) is 11.5 Å². The van der Waals surface area contributed by atoms with E-state index in [0.717, 1.165) is 35.2 Å². The first kappa shape index (κ1) is 13.2. The monoisotopic (exact) mass is 298 g/mol. The molecular formula is C16H18N4O2. The van der Waals surface area contributed by atoms with Crippen LogP contribution in [0.3, 0.4) is 0 Å². The number of nitrogens with one attached hydrogen (secondary N) is 2. The zero-order chi connectivity index (χ0) is 14.9. The first-order valence-electron chi connectivity index (χ1n) is 7.61. The molecule has 6 heteroatoms. The Morgan fingerprint density at radius 1 is 1.14 bits per heavy atom. The molecule has 6 nitrogen and oxygen atoms in total. The maximum Gasteiger partial charge on any atom is 0.231 e. The van der Waals surface area contributed by atoms with Crippen LogP contribution in [0, 0.1) is 0 Å². The number of ether oxygens (including phenoxy) is 2. The molecule has 1 aliphatic carbocycles. The molecule has 2 heterocycles. The van der Waals surface area contributed by atoms with Gasteiger partial charge in [0.15, 0.2) is 11.5 Å². The molecule has 0 spiro atoms. The Bertz CT molecular complexity index is 701. The topological polar surface area (TPSA) is 68.3 Å². The summed E-state index contributed by atoms with van der Waals surface area (Å²) in [5.41, 5.74) is 2.03. The first-order chi connectivity index (χ1) is 10.8. The van der Waals surface area contributed by atoms with Gasteiger partial charge in [-0.1, -0.05) is 0 Å². The predicted octanol–water partition coefficient (Wildman–Crippen LogP) is 3.26. The van der Waals surface area contributed by atoms with Gasteiger partial charge in [-0.15, -0.1) is 0 Å². The fourth-order valence-corrected chi connectivity index (χ4v) is 2.48. The Morgan fingerprint density at radius 3 is 2.82 bits per heavy atom. The summed E-state index contributed by atoms with van der Waals surface area (Å²) < 4.78 is 10.7. The lowest BCUT2D eigenvalue weighted by Gasteiger charge is -2.10. The van der Waals surface area contributed by atoms with Crippen molar-refractivity contribution in [1.82, 2.24) is 9.97 Å². The molecule has 0 atom stereocenters. The lowest BCUT2D eigenvalue weighted by atomic mass is 10.2. The number of aromatic nitrogens is 2. The largest absolute Gasteiger partial charge is 0.454 e. The molecule has 2 aromatic rings. The van der Waals surface area contributed by atoms with Gasteiger partial charge in [0.2, 0.25) is 12.7 Å². The quantitative estimate of drug-likeness (QED) is 0.883. The normalized spacial score (nSPS) is 15.7. The van der Waals surface area contributed by atoms with Crippen LogP contribution in [0.15, 0.2) is 24.3 Å². The zero-order valence-electron chi connectivity index (χ0n) is 12.4. The van der Waals surface area contributed by atoms with Crippen molar-refractivity contribution >= 4 is 17.5 Å². The third kappa shape index (κ3) is 2.64. The summed E-state index contributed by atoms with van der Waals surface area (Å²) in [6.45, 7) is 3.12. The van der Waals surface area contributed by atoms with Gasteiger partial charge in [-0.2, -0.15) is 4.98 Å².